The van der Waals surface area contributed by atoms with Gasteiger partial charge in [-0.3, -0.25) is 9.59 Å². The van der Waals surface area contributed by atoms with E-state index in [9.17, 15) is 14.4 Å². The van der Waals surface area contributed by atoms with Crippen LogP contribution >= 0.6 is 0 Å². The number of carbonyl (C=O) groups is 3. The monoisotopic (exact) mass is 373 g/mol. The molecule has 0 radical (unpaired) electrons. The van der Waals surface area contributed by atoms with Crippen LogP contribution in [0.4, 0.5) is 10.5 Å². The minimum absolute atomic E-state index is 0.00272. The summed E-state index contributed by atoms with van der Waals surface area (Å²) in [5.74, 6) is -1.13. The van der Waals surface area contributed by atoms with E-state index in [4.69, 9.17) is 5.11 Å². The molecule has 1 aromatic rings. The molecular weight excluding hydrogens is 346 g/mol. The van der Waals surface area contributed by atoms with E-state index in [-0.39, 0.29) is 29.9 Å². The molecule has 0 atom stereocenters. The van der Waals surface area contributed by atoms with Crippen LogP contribution in [0.15, 0.2) is 24.3 Å². The van der Waals surface area contributed by atoms with Crippen molar-refractivity contribution in [2.75, 3.05) is 5.32 Å². The Balaban J connectivity index is 1.44. The number of aliphatic carboxylic acids is 1. The van der Waals surface area contributed by atoms with Crippen LogP contribution in [0.2, 0.25) is 0 Å². The van der Waals surface area contributed by atoms with Crippen LogP contribution in [0, 0.1) is 5.92 Å². The molecule has 3 rings (SSSR count). The topological polar surface area (TPSA) is 108 Å². The molecular formula is C20H27N3O4. The minimum Gasteiger partial charge on any atom is -0.481 e. The summed E-state index contributed by atoms with van der Waals surface area (Å²) < 4.78 is 0. The number of anilines is 1. The molecule has 2 aliphatic rings. The summed E-state index contributed by atoms with van der Waals surface area (Å²) in [7, 11) is 0. The number of urea groups is 1. The summed E-state index contributed by atoms with van der Waals surface area (Å²) in [6.07, 6.45) is 6.94. The van der Waals surface area contributed by atoms with E-state index in [1.165, 1.54) is 12.8 Å². The van der Waals surface area contributed by atoms with Gasteiger partial charge in [-0.15, -0.1) is 0 Å². The van der Waals surface area contributed by atoms with Crippen LogP contribution in [0.25, 0.3) is 0 Å². The summed E-state index contributed by atoms with van der Waals surface area (Å²) in [4.78, 5) is 35.3. The molecule has 2 saturated carbocycles. The van der Waals surface area contributed by atoms with E-state index in [0.29, 0.717) is 36.9 Å². The molecule has 0 heterocycles. The van der Waals surface area contributed by atoms with Gasteiger partial charge in [0.15, 0.2) is 0 Å². The van der Waals surface area contributed by atoms with Gasteiger partial charge in [0.25, 0.3) is 5.91 Å². The maximum Gasteiger partial charge on any atom is 0.319 e. The number of hydrogen-bond acceptors (Lipinski definition) is 3. The number of benzene rings is 1. The van der Waals surface area contributed by atoms with E-state index in [1.54, 1.807) is 24.3 Å². The zero-order valence-corrected chi connectivity index (χ0v) is 15.4. The largest absolute Gasteiger partial charge is 0.481 e. The maximum atomic E-state index is 12.2. The quantitative estimate of drug-likeness (QED) is 0.636. The molecule has 0 aromatic heterocycles. The Morgan fingerprint density at radius 3 is 2.00 bits per heavy atom. The molecule has 4 N–H and O–H groups in total. The summed E-state index contributed by atoms with van der Waals surface area (Å²) >= 11 is 0. The predicted octanol–water partition coefficient (Wildman–Crippen LogP) is 3.12. The Morgan fingerprint density at radius 1 is 0.815 bits per heavy atom. The normalized spacial score (nSPS) is 22.8. The Morgan fingerprint density at radius 2 is 1.41 bits per heavy atom. The van der Waals surface area contributed by atoms with Gasteiger partial charge in [-0.2, -0.15) is 0 Å². The van der Waals surface area contributed by atoms with Gasteiger partial charge in [-0.05, 0) is 62.8 Å². The first-order valence-corrected chi connectivity index (χ1v) is 9.72. The van der Waals surface area contributed by atoms with Gasteiger partial charge in [0, 0.05) is 23.3 Å². The summed E-state index contributed by atoms with van der Waals surface area (Å²) in [5, 5.41) is 17.7. The van der Waals surface area contributed by atoms with Gasteiger partial charge >= 0.3 is 12.0 Å². The lowest BCUT2D eigenvalue weighted by molar-refractivity contribution is -0.142. The van der Waals surface area contributed by atoms with E-state index in [1.807, 2.05) is 0 Å². The third-order valence-corrected chi connectivity index (χ3v) is 5.51. The van der Waals surface area contributed by atoms with Crippen LogP contribution in [0.3, 0.4) is 0 Å². The molecule has 1 aromatic carbocycles. The fourth-order valence-corrected chi connectivity index (χ4v) is 3.88. The molecule has 2 aliphatic carbocycles. The Kier molecular flexibility index (Phi) is 6.32. The standard InChI is InChI=1S/C20H27N3O4/c24-18(21-15-3-1-2-4-15)13-5-9-16(10-6-13)22-20(27)23-17-11-7-14(8-12-17)19(25)26/h5-6,9-10,14-15,17H,1-4,7-8,11-12H2,(H,21,24)(H,25,26)(H2,22,23,27). The number of carboxylic acids is 1. The van der Waals surface area contributed by atoms with Gasteiger partial charge in [0.05, 0.1) is 5.92 Å². The second kappa shape index (κ2) is 8.88. The molecule has 2 fully saturated rings. The molecule has 0 unspecified atom stereocenters. The van der Waals surface area contributed by atoms with Gasteiger partial charge in [0.2, 0.25) is 0 Å². The molecule has 0 saturated heterocycles. The van der Waals surface area contributed by atoms with Crippen molar-refractivity contribution in [2.45, 2.75) is 63.5 Å². The molecule has 0 aliphatic heterocycles. The highest BCUT2D eigenvalue weighted by atomic mass is 16.4. The third kappa shape index (κ3) is 5.45. The van der Waals surface area contributed by atoms with Crippen molar-refractivity contribution in [1.82, 2.24) is 10.6 Å². The molecule has 0 bridgehead atoms. The van der Waals surface area contributed by atoms with Gasteiger partial charge in [-0.25, -0.2) is 4.79 Å². The number of hydrogen-bond donors (Lipinski definition) is 4. The van der Waals surface area contributed by atoms with Crippen molar-refractivity contribution in [3.63, 3.8) is 0 Å². The van der Waals surface area contributed by atoms with Crippen molar-refractivity contribution in [3.05, 3.63) is 29.8 Å². The van der Waals surface area contributed by atoms with E-state index >= 15 is 0 Å². The first-order valence-electron chi connectivity index (χ1n) is 9.72. The maximum absolute atomic E-state index is 12.2. The summed E-state index contributed by atoms with van der Waals surface area (Å²) in [6.45, 7) is 0. The molecule has 3 amide bonds. The highest BCUT2D eigenvalue weighted by Crippen LogP contribution is 2.24. The molecule has 7 heteroatoms. The number of nitrogens with one attached hydrogen (secondary N) is 3. The van der Waals surface area contributed by atoms with E-state index in [0.717, 1.165) is 12.8 Å². The first kappa shape index (κ1) is 19.2. The smallest absolute Gasteiger partial charge is 0.319 e. The Bertz CT molecular complexity index is 675. The number of amides is 3. The minimum atomic E-state index is -0.755. The van der Waals surface area contributed by atoms with E-state index in [2.05, 4.69) is 16.0 Å². The van der Waals surface area contributed by atoms with Gasteiger partial charge in [0.1, 0.15) is 0 Å². The first-order chi connectivity index (χ1) is 13.0. The van der Waals surface area contributed by atoms with Crippen molar-refractivity contribution >= 4 is 23.6 Å². The number of rotatable bonds is 5. The van der Waals surface area contributed by atoms with Crippen LogP contribution in [-0.2, 0) is 4.79 Å². The van der Waals surface area contributed by atoms with Crippen LogP contribution < -0.4 is 16.0 Å². The SMILES string of the molecule is O=C(Nc1ccc(C(=O)NC2CCCC2)cc1)NC1CCC(C(=O)O)CC1. The van der Waals surface area contributed by atoms with E-state index < -0.39 is 5.97 Å². The number of carbonyl (C=O) groups excluding carboxylic acids is 2. The zero-order valence-electron chi connectivity index (χ0n) is 15.4. The summed E-state index contributed by atoms with van der Waals surface area (Å²) in [5.41, 5.74) is 1.20. The van der Waals surface area contributed by atoms with Crippen molar-refractivity contribution < 1.29 is 19.5 Å². The highest BCUT2D eigenvalue weighted by molar-refractivity contribution is 5.95. The molecule has 27 heavy (non-hydrogen) atoms. The Labute approximate surface area is 158 Å². The average molecular weight is 373 g/mol. The third-order valence-electron chi connectivity index (χ3n) is 5.51. The number of carboxylic acid groups (broad SMARTS) is 1. The lowest BCUT2D eigenvalue weighted by atomic mass is 9.86. The fraction of sp³-hybridized carbons (Fsp3) is 0.550. The Hall–Kier alpha value is -2.57. The lowest BCUT2D eigenvalue weighted by Crippen LogP contribution is -2.41. The van der Waals surface area contributed by atoms with Gasteiger partial charge in [-0.1, -0.05) is 12.8 Å². The lowest BCUT2D eigenvalue weighted by Gasteiger charge is -2.26. The average Bonchev–Trinajstić information content (AvgIpc) is 3.15. The second-order valence-electron chi connectivity index (χ2n) is 7.52. The van der Waals surface area contributed by atoms with Crippen LogP contribution in [0.5, 0.6) is 0 Å². The molecule has 146 valence electrons. The highest BCUT2D eigenvalue weighted by Gasteiger charge is 2.26. The van der Waals surface area contributed by atoms with Gasteiger partial charge < -0.3 is 21.1 Å². The predicted molar refractivity (Wildman–Crippen MR) is 102 cm³/mol. The molecule has 0 spiro atoms. The van der Waals surface area contributed by atoms with Crippen LogP contribution in [-0.4, -0.2) is 35.1 Å². The summed E-state index contributed by atoms with van der Waals surface area (Å²) in [6, 6.07) is 6.80. The van der Waals surface area contributed by atoms with Crippen molar-refractivity contribution in [2.24, 2.45) is 5.92 Å². The molecule has 7 nitrogen and oxygen atoms in total. The fourth-order valence-electron chi connectivity index (χ4n) is 3.88. The van der Waals surface area contributed by atoms with Crippen LogP contribution in [0.1, 0.15) is 61.7 Å². The zero-order chi connectivity index (χ0) is 19.2. The second-order valence-corrected chi connectivity index (χ2v) is 7.52. The van der Waals surface area contributed by atoms with Crippen molar-refractivity contribution in [3.8, 4) is 0 Å². The van der Waals surface area contributed by atoms with Crippen molar-refractivity contribution in [1.29, 1.82) is 0 Å².